The number of nitrogens with one attached hydrogen (secondary N) is 2. The van der Waals surface area contributed by atoms with Gasteiger partial charge in [-0.1, -0.05) is 29.3 Å². The fourth-order valence-corrected chi connectivity index (χ4v) is 2.32. The van der Waals surface area contributed by atoms with Gasteiger partial charge in [-0.3, -0.25) is 9.59 Å². The lowest BCUT2D eigenvalue weighted by Gasteiger charge is -2.08. The van der Waals surface area contributed by atoms with Gasteiger partial charge < -0.3 is 10.4 Å². The summed E-state index contributed by atoms with van der Waals surface area (Å²) in [6.45, 7) is 3.84. The minimum absolute atomic E-state index is 0.0185. The van der Waals surface area contributed by atoms with Crippen LogP contribution in [0.25, 0.3) is 0 Å². The van der Waals surface area contributed by atoms with Crippen molar-refractivity contribution in [2.45, 2.75) is 20.3 Å². The van der Waals surface area contributed by atoms with E-state index in [0.717, 1.165) is 11.1 Å². The van der Waals surface area contributed by atoms with Crippen molar-refractivity contribution >= 4 is 35.3 Å². The van der Waals surface area contributed by atoms with Crippen LogP contribution in [0.4, 0.5) is 5.69 Å². The van der Waals surface area contributed by atoms with E-state index in [1.807, 2.05) is 26.0 Å². The minimum atomic E-state index is -0.569. The van der Waals surface area contributed by atoms with Crippen molar-refractivity contribution in [1.82, 2.24) is 5.43 Å². The molecule has 0 heterocycles. The number of phenols is 1. The second-order valence-electron chi connectivity index (χ2n) is 5.54. The zero-order valence-corrected chi connectivity index (χ0v) is 14.6. The van der Waals surface area contributed by atoms with Crippen LogP contribution in [0.3, 0.4) is 0 Å². The standard InChI is InChI=1S/C18H18ClN3O3/c1-11-3-5-15(12(2)7-11)21-17(24)9-18(25)22-20-10-13-8-14(19)4-6-16(13)23/h3-8,10,23H,9H2,1-2H3,(H,21,24)(H,22,25)/b20-10+. The molecule has 0 atom stereocenters. The van der Waals surface area contributed by atoms with Crippen LogP contribution in [0.2, 0.25) is 5.02 Å². The highest BCUT2D eigenvalue weighted by Crippen LogP contribution is 2.19. The van der Waals surface area contributed by atoms with Crippen LogP contribution < -0.4 is 10.7 Å². The molecule has 0 aliphatic rings. The van der Waals surface area contributed by atoms with Crippen molar-refractivity contribution in [3.05, 3.63) is 58.1 Å². The van der Waals surface area contributed by atoms with Gasteiger partial charge in [0, 0.05) is 16.3 Å². The molecule has 0 fully saturated rings. The van der Waals surface area contributed by atoms with Crippen LogP contribution in [0.15, 0.2) is 41.5 Å². The second-order valence-corrected chi connectivity index (χ2v) is 5.98. The smallest absolute Gasteiger partial charge is 0.249 e. The normalized spacial score (nSPS) is 10.7. The molecule has 3 N–H and O–H groups in total. The number of carbonyl (C=O) groups is 2. The predicted octanol–water partition coefficient (Wildman–Crippen LogP) is 3.14. The fraction of sp³-hybridized carbons (Fsp3) is 0.167. The van der Waals surface area contributed by atoms with Gasteiger partial charge in [-0.15, -0.1) is 0 Å². The van der Waals surface area contributed by atoms with E-state index < -0.39 is 11.8 Å². The summed E-state index contributed by atoms with van der Waals surface area (Å²) in [6, 6.07) is 10.1. The van der Waals surface area contributed by atoms with Gasteiger partial charge in [0.1, 0.15) is 12.2 Å². The molecule has 6 nitrogen and oxygen atoms in total. The number of rotatable bonds is 5. The summed E-state index contributed by atoms with van der Waals surface area (Å²) in [5.74, 6) is -1.03. The van der Waals surface area contributed by atoms with Gasteiger partial charge in [-0.05, 0) is 43.7 Å². The maximum absolute atomic E-state index is 11.9. The molecule has 25 heavy (non-hydrogen) atoms. The minimum Gasteiger partial charge on any atom is -0.507 e. The SMILES string of the molecule is Cc1ccc(NC(=O)CC(=O)N/N=C/c2cc(Cl)ccc2O)c(C)c1. The number of nitrogens with zero attached hydrogens (tertiary/aromatic N) is 1. The molecular formula is C18H18ClN3O3. The summed E-state index contributed by atoms with van der Waals surface area (Å²) in [5.41, 5.74) is 5.26. The molecular weight excluding hydrogens is 342 g/mol. The van der Waals surface area contributed by atoms with Crippen molar-refractivity contribution in [3.63, 3.8) is 0 Å². The van der Waals surface area contributed by atoms with Crippen molar-refractivity contribution in [2.75, 3.05) is 5.32 Å². The Bertz CT molecular complexity index is 834. The first-order valence-electron chi connectivity index (χ1n) is 7.52. The largest absolute Gasteiger partial charge is 0.507 e. The quantitative estimate of drug-likeness (QED) is 0.435. The van der Waals surface area contributed by atoms with Crippen LogP contribution in [0.1, 0.15) is 23.1 Å². The lowest BCUT2D eigenvalue weighted by molar-refractivity contribution is -0.126. The van der Waals surface area contributed by atoms with Crippen molar-refractivity contribution in [3.8, 4) is 5.75 Å². The predicted molar refractivity (Wildman–Crippen MR) is 98.0 cm³/mol. The Kier molecular flexibility index (Phi) is 6.14. The zero-order valence-electron chi connectivity index (χ0n) is 13.8. The third-order valence-corrected chi connectivity index (χ3v) is 3.59. The first kappa shape index (κ1) is 18.5. The number of halogens is 1. The molecule has 0 spiro atoms. The van der Waals surface area contributed by atoms with Crippen molar-refractivity contribution in [2.24, 2.45) is 5.10 Å². The highest BCUT2D eigenvalue weighted by molar-refractivity contribution is 6.30. The molecule has 2 amide bonds. The van der Waals surface area contributed by atoms with Crippen LogP contribution in [0, 0.1) is 13.8 Å². The van der Waals surface area contributed by atoms with E-state index in [0.29, 0.717) is 16.3 Å². The Labute approximate surface area is 150 Å². The average Bonchev–Trinajstić information content (AvgIpc) is 2.53. The first-order valence-corrected chi connectivity index (χ1v) is 7.90. The van der Waals surface area contributed by atoms with Gasteiger partial charge in [-0.2, -0.15) is 5.10 Å². The van der Waals surface area contributed by atoms with E-state index in [4.69, 9.17) is 11.6 Å². The van der Waals surface area contributed by atoms with Gasteiger partial charge in [0.15, 0.2) is 0 Å². The molecule has 7 heteroatoms. The molecule has 0 aromatic heterocycles. The molecule has 2 aromatic carbocycles. The van der Waals surface area contributed by atoms with Gasteiger partial charge in [0.25, 0.3) is 0 Å². The maximum Gasteiger partial charge on any atom is 0.249 e. The molecule has 0 aliphatic heterocycles. The summed E-state index contributed by atoms with van der Waals surface area (Å²) in [5, 5.41) is 16.5. The monoisotopic (exact) mass is 359 g/mol. The van der Waals surface area contributed by atoms with Crippen LogP contribution in [-0.2, 0) is 9.59 Å². The van der Waals surface area contributed by atoms with E-state index in [2.05, 4.69) is 15.8 Å². The molecule has 0 unspecified atom stereocenters. The molecule has 2 aromatic rings. The van der Waals surface area contributed by atoms with Crippen LogP contribution in [-0.4, -0.2) is 23.1 Å². The number of amides is 2. The number of aryl methyl sites for hydroxylation is 2. The number of hydrazone groups is 1. The molecule has 2 rings (SSSR count). The second kappa shape index (κ2) is 8.30. The van der Waals surface area contributed by atoms with Crippen LogP contribution in [0.5, 0.6) is 5.75 Å². The summed E-state index contributed by atoms with van der Waals surface area (Å²) < 4.78 is 0. The van der Waals surface area contributed by atoms with Gasteiger partial charge in [0.2, 0.25) is 11.8 Å². The average molecular weight is 360 g/mol. The Morgan fingerprint density at radius 2 is 1.92 bits per heavy atom. The van der Waals surface area contributed by atoms with E-state index >= 15 is 0 Å². The summed E-state index contributed by atoms with van der Waals surface area (Å²) in [4.78, 5) is 23.7. The van der Waals surface area contributed by atoms with E-state index in [1.54, 1.807) is 6.07 Å². The first-order chi connectivity index (χ1) is 11.8. The lowest BCUT2D eigenvalue weighted by atomic mass is 10.1. The highest BCUT2D eigenvalue weighted by Gasteiger charge is 2.10. The Morgan fingerprint density at radius 3 is 2.64 bits per heavy atom. The topological polar surface area (TPSA) is 90.8 Å². The van der Waals surface area contributed by atoms with Gasteiger partial charge in [0.05, 0.1) is 6.21 Å². The highest BCUT2D eigenvalue weighted by atomic mass is 35.5. The third kappa shape index (κ3) is 5.61. The summed E-state index contributed by atoms with van der Waals surface area (Å²) >= 11 is 5.81. The number of anilines is 1. The van der Waals surface area contributed by atoms with Crippen LogP contribution >= 0.6 is 11.6 Å². The van der Waals surface area contributed by atoms with Crippen molar-refractivity contribution < 1.29 is 14.7 Å². The Morgan fingerprint density at radius 1 is 1.16 bits per heavy atom. The summed E-state index contributed by atoms with van der Waals surface area (Å²) in [6.07, 6.45) is 0.882. The molecule has 0 saturated heterocycles. The van der Waals surface area contributed by atoms with E-state index in [1.165, 1.54) is 24.4 Å². The Balaban J connectivity index is 1.88. The molecule has 0 radical (unpaired) electrons. The maximum atomic E-state index is 11.9. The summed E-state index contributed by atoms with van der Waals surface area (Å²) in [7, 11) is 0. The molecule has 130 valence electrons. The van der Waals surface area contributed by atoms with E-state index in [-0.39, 0.29) is 12.2 Å². The third-order valence-electron chi connectivity index (χ3n) is 3.36. The van der Waals surface area contributed by atoms with Gasteiger partial charge >= 0.3 is 0 Å². The lowest BCUT2D eigenvalue weighted by Crippen LogP contribution is -2.24. The fourth-order valence-electron chi connectivity index (χ4n) is 2.14. The van der Waals surface area contributed by atoms with Gasteiger partial charge in [-0.25, -0.2) is 5.43 Å². The zero-order chi connectivity index (χ0) is 18.4. The number of aromatic hydroxyl groups is 1. The number of phenolic OH excluding ortho intramolecular Hbond substituents is 1. The number of carbonyl (C=O) groups excluding carboxylic acids is 2. The number of hydrogen-bond acceptors (Lipinski definition) is 4. The molecule has 0 bridgehead atoms. The Hall–Kier alpha value is -2.86. The van der Waals surface area contributed by atoms with E-state index in [9.17, 15) is 14.7 Å². The number of hydrogen-bond donors (Lipinski definition) is 3. The number of benzene rings is 2. The molecule has 0 saturated carbocycles. The van der Waals surface area contributed by atoms with Crippen molar-refractivity contribution in [1.29, 1.82) is 0 Å². The molecule has 0 aliphatic carbocycles.